The third kappa shape index (κ3) is 6.02. The molecule has 5 rings (SSSR count). The zero-order valence-corrected chi connectivity index (χ0v) is 22.6. The van der Waals surface area contributed by atoms with Gasteiger partial charge in [0.15, 0.2) is 5.65 Å². The van der Waals surface area contributed by atoms with Gasteiger partial charge in [-0.25, -0.2) is 18.0 Å². The van der Waals surface area contributed by atoms with Gasteiger partial charge < -0.3 is 5.32 Å². The van der Waals surface area contributed by atoms with Crippen molar-refractivity contribution in [3.05, 3.63) is 78.1 Å². The molecule has 4 aromatic rings. The van der Waals surface area contributed by atoms with Crippen LogP contribution in [0, 0.1) is 0 Å². The molecule has 1 aliphatic carbocycles. The summed E-state index contributed by atoms with van der Waals surface area (Å²) in [5, 5.41) is 8.39. The van der Waals surface area contributed by atoms with E-state index in [9.17, 15) is 4.21 Å². The van der Waals surface area contributed by atoms with Crippen LogP contribution in [0.5, 0.6) is 0 Å². The van der Waals surface area contributed by atoms with Gasteiger partial charge in [-0.1, -0.05) is 58.0 Å². The maximum atomic E-state index is 12.8. The Balaban J connectivity index is 0.00000148. The SMILES string of the molecule is CC.CCCN(CC)S(=O)c1ccc(NCc2cc(-c3ccccc3)nc3cc(C4CC4)nn23)cc1. The van der Waals surface area contributed by atoms with Crippen LogP contribution >= 0.6 is 0 Å². The van der Waals surface area contributed by atoms with Crippen molar-refractivity contribution in [3.63, 3.8) is 0 Å². The number of aromatic nitrogens is 3. The van der Waals surface area contributed by atoms with E-state index in [1.807, 2.05) is 72.1 Å². The topological polar surface area (TPSA) is 62.5 Å². The van der Waals surface area contributed by atoms with Crippen LogP contribution in [0.2, 0.25) is 0 Å². The minimum absolute atomic E-state index is 0.575. The average molecular weight is 504 g/mol. The molecule has 1 unspecified atom stereocenters. The van der Waals surface area contributed by atoms with Gasteiger partial charge in [-0.05, 0) is 49.6 Å². The Labute approximate surface area is 217 Å². The molecule has 1 saturated carbocycles. The van der Waals surface area contributed by atoms with Crippen LogP contribution in [-0.2, 0) is 17.5 Å². The number of nitrogens with zero attached hydrogens (tertiary/aromatic N) is 4. The van der Waals surface area contributed by atoms with Crippen LogP contribution in [0.3, 0.4) is 0 Å². The summed E-state index contributed by atoms with van der Waals surface area (Å²) in [7, 11) is -1.12. The van der Waals surface area contributed by atoms with Crippen molar-refractivity contribution in [3.8, 4) is 11.3 Å². The van der Waals surface area contributed by atoms with Crippen molar-refractivity contribution in [2.45, 2.75) is 64.3 Å². The molecule has 0 radical (unpaired) electrons. The molecule has 0 spiro atoms. The zero-order valence-electron chi connectivity index (χ0n) is 21.8. The van der Waals surface area contributed by atoms with Crippen molar-refractivity contribution in [1.29, 1.82) is 0 Å². The first kappa shape index (κ1) is 26.0. The van der Waals surface area contributed by atoms with Crippen LogP contribution in [0.25, 0.3) is 16.9 Å². The highest BCUT2D eigenvalue weighted by molar-refractivity contribution is 7.82. The number of nitrogens with one attached hydrogen (secondary N) is 1. The molecule has 6 nitrogen and oxygen atoms in total. The summed E-state index contributed by atoms with van der Waals surface area (Å²) in [6.07, 6.45) is 3.41. The molecule has 1 atom stereocenters. The van der Waals surface area contributed by atoms with Gasteiger partial charge in [0.1, 0.15) is 11.0 Å². The molecule has 2 aromatic heterocycles. The Morgan fingerprint density at radius 1 is 1.03 bits per heavy atom. The second kappa shape index (κ2) is 12.3. The fourth-order valence-corrected chi connectivity index (χ4v) is 5.40. The monoisotopic (exact) mass is 503 g/mol. The lowest BCUT2D eigenvalue weighted by molar-refractivity contribution is 0.464. The van der Waals surface area contributed by atoms with E-state index < -0.39 is 11.0 Å². The second-order valence-electron chi connectivity index (χ2n) is 8.76. The first-order valence-corrected chi connectivity index (χ1v) is 14.2. The highest BCUT2D eigenvalue weighted by atomic mass is 32.2. The standard InChI is InChI=1S/C27H31N5OS.C2H6/c1-3-16-31(4-2)34(33)24-14-12-22(13-15-24)28-19-23-17-25(20-8-6-5-7-9-20)29-27-18-26(21-10-11-21)30-32(23)27;1-2/h5-9,12-15,17-18,21,28H,3-4,10-11,16,19H2,1-2H3;1-2H3. The molecule has 7 heteroatoms. The summed E-state index contributed by atoms with van der Waals surface area (Å²) >= 11 is 0. The van der Waals surface area contributed by atoms with Crippen molar-refractivity contribution in [1.82, 2.24) is 18.9 Å². The first-order chi connectivity index (χ1) is 17.7. The van der Waals surface area contributed by atoms with Crippen LogP contribution in [0.4, 0.5) is 5.69 Å². The van der Waals surface area contributed by atoms with E-state index in [1.54, 1.807) is 0 Å². The van der Waals surface area contributed by atoms with E-state index in [0.717, 1.165) is 58.4 Å². The molecule has 1 fully saturated rings. The van der Waals surface area contributed by atoms with Crippen molar-refractivity contribution in [2.75, 3.05) is 18.4 Å². The van der Waals surface area contributed by atoms with Gasteiger partial charge in [0.05, 0.1) is 28.5 Å². The van der Waals surface area contributed by atoms with E-state index >= 15 is 0 Å². The van der Waals surface area contributed by atoms with Crippen LogP contribution in [-0.4, -0.2) is 36.2 Å². The molecule has 0 bridgehead atoms. The lowest BCUT2D eigenvalue weighted by atomic mass is 10.1. The van der Waals surface area contributed by atoms with E-state index in [0.29, 0.717) is 12.5 Å². The molecule has 2 aromatic carbocycles. The molecule has 1 N–H and O–H groups in total. The van der Waals surface area contributed by atoms with Gasteiger partial charge >= 0.3 is 0 Å². The lowest BCUT2D eigenvalue weighted by Crippen LogP contribution is -2.26. The Morgan fingerprint density at radius 2 is 1.75 bits per heavy atom. The quantitative estimate of drug-likeness (QED) is 0.263. The largest absolute Gasteiger partial charge is 0.379 e. The molecule has 190 valence electrons. The molecule has 0 amide bonds. The summed E-state index contributed by atoms with van der Waals surface area (Å²) in [5.74, 6) is 0.575. The number of benzene rings is 2. The number of anilines is 1. The Bertz CT molecular complexity index is 1280. The minimum Gasteiger partial charge on any atom is -0.379 e. The van der Waals surface area contributed by atoms with E-state index in [1.165, 1.54) is 12.8 Å². The number of fused-ring (bicyclic) bond motifs is 1. The van der Waals surface area contributed by atoms with E-state index in [2.05, 4.69) is 36.5 Å². The van der Waals surface area contributed by atoms with Gasteiger partial charge in [0.25, 0.3) is 0 Å². The molecular weight excluding hydrogens is 466 g/mol. The molecular formula is C29H37N5OS. The predicted molar refractivity (Wildman–Crippen MR) is 149 cm³/mol. The third-order valence-corrected chi connectivity index (χ3v) is 7.76. The van der Waals surface area contributed by atoms with Gasteiger partial charge in [-0.3, -0.25) is 0 Å². The third-order valence-electron chi connectivity index (χ3n) is 6.17. The zero-order chi connectivity index (χ0) is 25.5. The van der Waals surface area contributed by atoms with Gasteiger partial charge in [0, 0.05) is 36.3 Å². The molecule has 2 heterocycles. The summed E-state index contributed by atoms with van der Waals surface area (Å²) in [5.41, 5.74) is 6.12. The number of rotatable bonds is 10. The number of hydrogen-bond donors (Lipinski definition) is 1. The molecule has 0 saturated heterocycles. The molecule has 1 aliphatic rings. The Kier molecular flexibility index (Phi) is 8.88. The maximum absolute atomic E-state index is 12.8. The normalized spacial score (nSPS) is 13.9. The number of hydrogen-bond acceptors (Lipinski definition) is 4. The molecule has 0 aliphatic heterocycles. The van der Waals surface area contributed by atoms with Crippen LogP contribution in [0.15, 0.2) is 71.6 Å². The highest BCUT2D eigenvalue weighted by Crippen LogP contribution is 2.39. The lowest BCUT2D eigenvalue weighted by Gasteiger charge is -2.18. The fourth-order valence-electron chi connectivity index (χ4n) is 4.15. The summed E-state index contributed by atoms with van der Waals surface area (Å²) < 4.78 is 16.8. The molecule has 36 heavy (non-hydrogen) atoms. The van der Waals surface area contributed by atoms with Crippen LogP contribution < -0.4 is 5.32 Å². The van der Waals surface area contributed by atoms with Gasteiger partial charge in [-0.15, -0.1) is 0 Å². The first-order valence-electron chi connectivity index (χ1n) is 13.1. The average Bonchev–Trinajstić information content (AvgIpc) is 3.70. The van der Waals surface area contributed by atoms with Crippen LogP contribution in [0.1, 0.15) is 64.3 Å². The summed E-state index contributed by atoms with van der Waals surface area (Å²) in [6, 6.07) is 22.4. The summed E-state index contributed by atoms with van der Waals surface area (Å²) in [6.45, 7) is 10.4. The smallest absolute Gasteiger partial charge is 0.156 e. The van der Waals surface area contributed by atoms with Gasteiger partial charge in [-0.2, -0.15) is 5.10 Å². The fraction of sp³-hybridized carbons (Fsp3) is 0.379. The Hall–Kier alpha value is -3.03. The van der Waals surface area contributed by atoms with Crippen molar-refractivity contribution >= 4 is 22.3 Å². The highest BCUT2D eigenvalue weighted by Gasteiger charge is 2.27. The Morgan fingerprint density at radius 3 is 2.39 bits per heavy atom. The summed E-state index contributed by atoms with van der Waals surface area (Å²) in [4.78, 5) is 5.73. The van der Waals surface area contributed by atoms with Crippen molar-refractivity contribution < 1.29 is 4.21 Å². The van der Waals surface area contributed by atoms with Crippen molar-refractivity contribution in [2.24, 2.45) is 0 Å². The second-order valence-corrected chi connectivity index (χ2v) is 10.2. The predicted octanol–water partition coefficient (Wildman–Crippen LogP) is 6.67. The minimum atomic E-state index is -1.12. The van der Waals surface area contributed by atoms with Gasteiger partial charge in [0.2, 0.25) is 0 Å². The van der Waals surface area contributed by atoms with E-state index in [4.69, 9.17) is 10.1 Å². The maximum Gasteiger partial charge on any atom is 0.156 e. The van der Waals surface area contributed by atoms with E-state index in [-0.39, 0.29) is 0 Å².